The molecule has 0 aliphatic carbocycles. The van der Waals surface area contributed by atoms with Crippen LogP contribution >= 0.6 is 28.3 Å². The van der Waals surface area contributed by atoms with Gasteiger partial charge in [0.2, 0.25) is 0 Å². The number of aliphatic imine (C=N–C) groups is 1. The molecule has 0 amide bonds. The van der Waals surface area contributed by atoms with E-state index in [1.807, 2.05) is 0 Å². The maximum absolute atomic E-state index is 12.1. The average molecular weight is 349 g/mol. The lowest BCUT2D eigenvalue weighted by molar-refractivity contribution is -0.274. The highest BCUT2D eigenvalue weighted by atomic mass is 79.9. The summed E-state index contributed by atoms with van der Waals surface area (Å²) in [6, 6.07) is 4.21. The molecule has 102 valence electrons. The predicted molar refractivity (Wildman–Crippen MR) is 67.6 cm³/mol. The molecule has 0 fully saturated rings. The van der Waals surface area contributed by atoms with Gasteiger partial charge in [0.1, 0.15) is 5.75 Å². The van der Waals surface area contributed by atoms with Gasteiger partial charge in [-0.25, -0.2) is 4.99 Å². The van der Waals surface area contributed by atoms with Crippen LogP contribution in [0.3, 0.4) is 0 Å². The number of rotatable bonds is 3. The summed E-state index contributed by atoms with van der Waals surface area (Å²) in [7, 11) is 0. The molecule has 0 spiro atoms. The van der Waals surface area contributed by atoms with E-state index in [1.165, 1.54) is 12.1 Å². The minimum Gasteiger partial charge on any atom is -0.405 e. The lowest BCUT2D eigenvalue weighted by Gasteiger charge is -2.12. The summed E-state index contributed by atoms with van der Waals surface area (Å²) in [4.78, 5) is 3.62. The quantitative estimate of drug-likeness (QED) is 0.651. The zero-order chi connectivity index (χ0) is 13.1. The summed E-state index contributed by atoms with van der Waals surface area (Å²) < 4.78 is 40.7. The monoisotopic (exact) mass is 347 g/mol. The molecule has 0 saturated heterocycles. The third kappa shape index (κ3) is 5.97. The molecule has 0 saturated carbocycles. The average Bonchev–Trinajstić information content (AvgIpc) is 2.13. The second-order valence-electron chi connectivity index (χ2n) is 3.04. The Morgan fingerprint density at radius 1 is 1.33 bits per heavy atom. The van der Waals surface area contributed by atoms with Crippen molar-refractivity contribution in [2.24, 2.45) is 16.5 Å². The van der Waals surface area contributed by atoms with E-state index in [-0.39, 0.29) is 36.2 Å². The first-order chi connectivity index (χ1) is 7.78. The summed E-state index contributed by atoms with van der Waals surface area (Å²) in [5.41, 5.74) is 10.4. The van der Waals surface area contributed by atoms with E-state index in [9.17, 15) is 13.2 Å². The first kappa shape index (κ1) is 16.9. The molecule has 1 aromatic rings. The van der Waals surface area contributed by atoms with E-state index in [0.717, 1.165) is 0 Å². The van der Waals surface area contributed by atoms with Gasteiger partial charge in [0.05, 0.1) is 6.54 Å². The van der Waals surface area contributed by atoms with Crippen molar-refractivity contribution in [2.45, 2.75) is 12.9 Å². The standard InChI is InChI=1S/C9H9BrF3N3O.ClH/c10-6-2-1-5(4-16-8(14)15)7(3-6)17-9(11,12)13;/h1-3H,4H2,(H4,14,15,16);1H. The molecule has 9 heteroatoms. The highest BCUT2D eigenvalue weighted by molar-refractivity contribution is 9.10. The number of nitrogens with two attached hydrogens (primary N) is 2. The second-order valence-corrected chi connectivity index (χ2v) is 3.96. The van der Waals surface area contributed by atoms with Crippen molar-refractivity contribution in [2.75, 3.05) is 0 Å². The van der Waals surface area contributed by atoms with E-state index >= 15 is 0 Å². The molecule has 0 aliphatic rings. The summed E-state index contributed by atoms with van der Waals surface area (Å²) in [5, 5.41) is 0. The number of nitrogens with zero attached hydrogens (tertiary/aromatic N) is 1. The molecule has 0 atom stereocenters. The van der Waals surface area contributed by atoms with Gasteiger partial charge in [-0.3, -0.25) is 0 Å². The first-order valence-electron chi connectivity index (χ1n) is 4.37. The van der Waals surface area contributed by atoms with Gasteiger partial charge >= 0.3 is 6.36 Å². The number of hydrogen-bond donors (Lipinski definition) is 2. The number of halogens is 5. The molecular formula is C9H10BrClF3N3O. The third-order valence-electron chi connectivity index (χ3n) is 1.69. The SMILES string of the molecule is Cl.NC(N)=NCc1ccc(Br)cc1OC(F)(F)F. The summed E-state index contributed by atoms with van der Waals surface area (Å²) in [6.07, 6.45) is -4.76. The Labute approximate surface area is 116 Å². The van der Waals surface area contributed by atoms with Crippen LogP contribution in [0.15, 0.2) is 27.7 Å². The van der Waals surface area contributed by atoms with E-state index in [2.05, 4.69) is 25.7 Å². The van der Waals surface area contributed by atoms with E-state index in [4.69, 9.17) is 11.5 Å². The van der Waals surface area contributed by atoms with E-state index < -0.39 is 6.36 Å². The molecule has 0 bridgehead atoms. The molecule has 1 rings (SSSR count). The lowest BCUT2D eigenvalue weighted by atomic mass is 10.2. The summed E-state index contributed by atoms with van der Waals surface area (Å²) in [6.45, 7) is -0.0823. The van der Waals surface area contributed by atoms with Gasteiger partial charge < -0.3 is 16.2 Å². The van der Waals surface area contributed by atoms with E-state index in [1.54, 1.807) is 6.07 Å². The van der Waals surface area contributed by atoms with Gasteiger partial charge in [-0.2, -0.15) is 0 Å². The fourth-order valence-corrected chi connectivity index (χ4v) is 1.40. The van der Waals surface area contributed by atoms with Crippen molar-refractivity contribution in [1.82, 2.24) is 0 Å². The van der Waals surface area contributed by atoms with Crippen LogP contribution in [-0.2, 0) is 6.54 Å². The summed E-state index contributed by atoms with van der Waals surface area (Å²) >= 11 is 3.05. The van der Waals surface area contributed by atoms with Gasteiger partial charge in [0.15, 0.2) is 5.96 Å². The van der Waals surface area contributed by atoms with Crippen LogP contribution in [0.1, 0.15) is 5.56 Å². The minimum absolute atomic E-state index is 0. The van der Waals surface area contributed by atoms with Crippen LogP contribution in [-0.4, -0.2) is 12.3 Å². The van der Waals surface area contributed by atoms with Crippen LogP contribution in [0.25, 0.3) is 0 Å². The molecule has 0 aliphatic heterocycles. The normalized spacial score (nSPS) is 10.4. The maximum atomic E-state index is 12.1. The zero-order valence-corrected chi connectivity index (χ0v) is 11.3. The Morgan fingerprint density at radius 2 is 1.94 bits per heavy atom. The number of benzene rings is 1. The second kappa shape index (κ2) is 6.69. The molecule has 0 aromatic heterocycles. The van der Waals surface area contributed by atoms with Crippen LogP contribution in [0.5, 0.6) is 5.75 Å². The maximum Gasteiger partial charge on any atom is 0.573 e. The molecule has 4 nitrogen and oxygen atoms in total. The van der Waals surface area contributed by atoms with Crippen LogP contribution < -0.4 is 16.2 Å². The largest absolute Gasteiger partial charge is 0.573 e. The first-order valence-corrected chi connectivity index (χ1v) is 5.17. The molecule has 18 heavy (non-hydrogen) atoms. The highest BCUT2D eigenvalue weighted by Crippen LogP contribution is 2.29. The highest BCUT2D eigenvalue weighted by Gasteiger charge is 2.32. The Balaban J connectivity index is 0.00000289. The fraction of sp³-hybridized carbons (Fsp3) is 0.222. The van der Waals surface area contributed by atoms with Crippen molar-refractivity contribution >= 4 is 34.3 Å². The van der Waals surface area contributed by atoms with Crippen molar-refractivity contribution < 1.29 is 17.9 Å². The Morgan fingerprint density at radius 3 is 2.44 bits per heavy atom. The van der Waals surface area contributed by atoms with E-state index in [0.29, 0.717) is 4.47 Å². The minimum atomic E-state index is -4.76. The van der Waals surface area contributed by atoms with Crippen LogP contribution in [0.2, 0.25) is 0 Å². The summed E-state index contributed by atoms with van der Waals surface area (Å²) in [5.74, 6) is -0.539. The van der Waals surface area contributed by atoms with Gasteiger partial charge in [0, 0.05) is 10.0 Å². The van der Waals surface area contributed by atoms with Crippen LogP contribution in [0, 0.1) is 0 Å². The third-order valence-corrected chi connectivity index (χ3v) is 2.18. The number of alkyl halides is 3. The Bertz CT molecular complexity index is 436. The molecule has 0 heterocycles. The molecular weight excluding hydrogens is 338 g/mol. The van der Waals surface area contributed by atoms with Crippen molar-refractivity contribution in [3.05, 3.63) is 28.2 Å². The molecule has 1 aromatic carbocycles. The number of ether oxygens (including phenoxy) is 1. The number of hydrogen-bond acceptors (Lipinski definition) is 2. The smallest absolute Gasteiger partial charge is 0.405 e. The number of guanidine groups is 1. The topological polar surface area (TPSA) is 73.6 Å². The van der Waals surface area contributed by atoms with Gasteiger partial charge in [-0.1, -0.05) is 22.0 Å². The lowest BCUT2D eigenvalue weighted by Crippen LogP contribution is -2.23. The molecule has 0 radical (unpaired) electrons. The van der Waals surface area contributed by atoms with Crippen molar-refractivity contribution in [3.8, 4) is 5.75 Å². The van der Waals surface area contributed by atoms with Gasteiger partial charge in [0.25, 0.3) is 0 Å². The predicted octanol–water partition coefficient (Wildman–Crippen LogP) is 2.54. The Kier molecular flexibility index (Phi) is 6.27. The van der Waals surface area contributed by atoms with Crippen molar-refractivity contribution in [1.29, 1.82) is 0 Å². The van der Waals surface area contributed by atoms with Crippen LogP contribution in [0.4, 0.5) is 13.2 Å². The Hall–Kier alpha value is -1.15. The van der Waals surface area contributed by atoms with Crippen molar-refractivity contribution in [3.63, 3.8) is 0 Å². The molecule has 4 N–H and O–H groups in total. The molecule has 0 unspecified atom stereocenters. The zero-order valence-electron chi connectivity index (χ0n) is 8.87. The fourth-order valence-electron chi connectivity index (χ4n) is 1.06. The van der Waals surface area contributed by atoms with Gasteiger partial charge in [-0.05, 0) is 12.1 Å². The van der Waals surface area contributed by atoms with Gasteiger partial charge in [-0.15, -0.1) is 25.6 Å².